The monoisotopic (exact) mass is 621 g/mol. The van der Waals surface area contributed by atoms with Crippen molar-refractivity contribution >= 4 is 23.4 Å². The first-order valence-corrected chi connectivity index (χ1v) is 14.0. The van der Waals surface area contributed by atoms with E-state index in [1.165, 1.54) is 12.1 Å². The van der Waals surface area contributed by atoms with Crippen molar-refractivity contribution in [2.45, 2.75) is 33.0 Å². The number of hydrogen-bond acceptors (Lipinski definition) is 6. The van der Waals surface area contributed by atoms with Gasteiger partial charge in [0.2, 0.25) is 0 Å². The van der Waals surface area contributed by atoms with Crippen LogP contribution >= 0.6 is 11.6 Å². The second kappa shape index (κ2) is 13.2. The topological polar surface area (TPSA) is 83.8 Å². The third-order valence-electron chi connectivity index (χ3n) is 7.12. The van der Waals surface area contributed by atoms with E-state index in [0.717, 1.165) is 27.8 Å². The molecule has 0 aromatic heterocycles. The zero-order valence-corrected chi connectivity index (χ0v) is 24.3. The zero-order chi connectivity index (χ0) is 31.3. The first-order chi connectivity index (χ1) is 21.1. The van der Waals surface area contributed by atoms with Gasteiger partial charge in [-0.2, -0.15) is 5.26 Å². The van der Waals surface area contributed by atoms with Crippen molar-refractivity contribution in [1.82, 2.24) is 4.90 Å². The van der Waals surface area contributed by atoms with Crippen molar-refractivity contribution in [3.63, 3.8) is 0 Å². The molecule has 44 heavy (non-hydrogen) atoms. The van der Waals surface area contributed by atoms with E-state index < -0.39 is 12.5 Å². The van der Waals surface area contributed by atoms with Crippen LogP contribution in [0.2, 0.25) is 5.02 Å². The molecule has 0 spiro atoms. The van der Waals surface area contributed by atoms with Gasteiger partial charge in [0.1, 0.15) is 24.7 Å². The number of carbonyl (C=O) groups excluding carboxylic acids is 1. The van der Waals surface area contributed by atoms with Gasteiger partial charge in [-0.3, -0.25) is 0 Å². The van der Waals surface area contributed by atoms with Crippen molar-refractivity contribution < 1.29 is 32.2 Å². The first kappa shape index (κ1) is 30.6. The number of cyclic esters (lactones) is 1. The van der Waals surface area contributed by atoms with Crippen LogP contribution in [0.3, 0.4) is 0 Å². The van der Waals surface area contributed by atoms with Gasteiger partial charge in [-0.15, -0.1) is 13.2 Å². The SMILES string of the molecule is Cc1c(CNc2cc(OCc3cccc(C#N)c3)c(CN3CCOC3=O)cc2Cl)cccc1-c1ccc(OC(F)(F)F)cc1. The Morgan fingerprint density at radius 1 is 1.05 bits per heavy atom. The van der Waals surface area contributed by atoms with Crippen LogP contribution in [-0.2, 0) is 24.4 Å². The Morgan fingerprint density at radius 2 is 1.82 bits per heavy atom. The number of benzene rings is 4. The van der Waals surface area contributed by atoms with Gasteiger partial charge < -0.3 is 24.4 Å². The summed E-state index contributed by atoms with van der Waals surface area (Å²) in [5, 5.41) is 13.0. The van der Waals surface area contributed by atoms with Crippen molar-refractivity contribution in [1.29, 1.82) is 5.26 Å². The Balaban J connectivity index is 1.36. The largest absolute Gasteiger partial charge is 0.573 e. The first-order valence-electron chi connectivity index (χ1n) is 13.6. The maximum Gasteiger partial charge on any atom is 0.573 e. The summed E-state index contributed by atoms with van der Waals surface area (Å²) in [5.41, 5.74) is 6.15. The third kappa shape index (κ3) is 7.54. The number of carbonyl (C=O) groups is 1. The molecule has 0 bridgehead atoms. The predicted octanol–water partition coefficient (Wildman–Crippen LogP) is 8.23. The number of nitrogens with one attached hydrogen (secondary N) is 1. The molecule has 1 N–H and O–H groups in total. The van der Waals surface area contributed by atoms with Crippen LogP contribution in [0.25, 0.3) is 11.1 Å². The van der Waals surface area contributed by atoms with Crippen molar-refractivity contribution in [2.24, 2.45) is 0 Å². The number of anilines is 1. The smallest absolute Gasteiger partial charge is 0.488 e. The fourth-order valence-corrected chi connectivity index (χ4v) is 5.12. The van der Waals surface area contributed by atoms with Crippen molar-refractivity contribution in [3.8, 4) is 28.7 Å². The number of alkyl halides is 3. The van der Waals surface area contributed by atoms with Crippen LogP contribution in [0.5, 0.6) is 11.5 Å². The summed E-state index contributed by atoms with van der Waals surface area (Å²) < 4.78 is 52.9. The van der Waals surface area contributed by atoms with E-state index >= 15 is 0 Å². The van der Waals surface area contributed by atoms with Gasteiger partial charge in [0, 0.05) is 18.2 Å². The number of nitriles is 1. The maximum absolute atomic E-state index is 12.6. The van der Waals surface area contributed by atoms with Crippen LogP contribution in [-0.4, -0.2) is 30.5 Å². The zero-order valence-electron chi connectivity index (χ0n) is 23.6. The molecule has 226 valence electrons. The minimum absolute atomic E-state index is 0.196. The van der Waals surface area contributed by atoms with E-state index in [0.29, 0.717) is 47.3 Å². The highest BCUT2D eigenvalue weighted by Gasteiger charge is 2.31. The van der Waals surface area contributed by atoms with Crippen LogP contribution < -0.4 is 14.8 Å². The van der Waals surface area contributed by atoms with E-state index in [1.807, 2.05) is 31.2 Å². The minimum atomic E-state index is -4.75. The number of ether oxygens (including phenoxy) is 3. The van der Waals surface area contributed by atoms with E-state index in [4.69, 9.17) is 21.1 Å². The number of nitrogens with zero attached hydrogens (tertiary/aromatic N) is 2. The van der Waals surface area contributed by atoms with Gasteiger partial charge in [0.15, 0.2) is 0 Å². The lowest BCUT2D eigenvalue weighted by atomic mass is 9.96. The summed E-state index contributed by atoms with van der Waals surface area (Å²) in [7, 11) is 0. The fourth-order valence-electron chi connectivity index (χ4n) is 4.87. The summed E-state index contributed by atoms with van der Waals surface area (Å²) >= 11 is 6.69. The molecule has 0 unspecified atom stereocenters. The molecule has 1 amide bonds. The molecule has 0 radical (unpaired) electrons. The van der Waals surface area contributed by atoms with Gasteiger partial charge in [-0.25, -0.2) is 4.79 Å². The molecule has 0 atom stereocenters. The molecule has 4 aromatic rings. The molecular weight excluding hydrogens is 595 g/mol. The summed E-state index contributed by atoms with van der Waals surface area (Å²) in [6, 6.07) is 24.2. The molecule has 1 saturated heterocycles. The lowest BCUT2D eigenvalue weighted by Gasteiger charge is -2.20. The molecule has 5 rings (SSSR count). The molecule has 1 fully saturated rings. The molecule has 7 nitrogen and oxygen atoms in total. The van der Waals surface area contributed by atoms with Gasteiger partial charge >= 0.3 is 12.5 Å². The normalized spacial score (nSPS) is 12.9. The van der Waals surface area contributed by atoms with Crippen LogP contribution in [0.4, 0.5) is 23.7 Å². The number of hydrogen-bond donors (Lipinski definition) is 1. The third-order valence-corrected chi connectivity index (χ3v) is 7.43. The summed E-state index contributed by atoms with van der Waals surface area (Å²) in [4.78, 5) is 13.7. The lowest BCUT2D eigenvalue weighted by Crippen LogP contribution is -2.24. The minimum Gasteiger partial charge on any atom is -0.488 e. The quantitative estimate of drug-likeness (QED) is 0.192. The summed E-state index contributed by atoms with van der Waals surface area (Å²) in [5.74, 6) is 0.234. The molecular formula is C33H27ClF3N3O4. The standard InChI is InChI=1S/C33H27ClF3N3O4/c1-21-25(6-3-7-28(21)24-8-10-27(11-9-24)44-33(35,36)37)18-39-30-16-31(43-20-23-5-2-4-22(14-23)17-38)26(15-29(30)34)19-40-12-13-42-32(40)41/h2-11,14-16,39H,12-13,18-20H2,1H3. The molecule has 1 aliphatic rings. The second-order valence-electron chi connectivity index (χ2n) is 10.1. The number of halogens is 4. The summed E-state index contributed by atoms with van der Waals surface area (Å²) in [6.07, 6.45) is -5.16. The van der Waals surface area contributed by atoms with Crippen LogP contribution in [0.1, 0.15) is 27.8 Å². The van der Waals surface area contributed by atoms with Gasteiger partial charge in [0.05, 0.1) is 35.4 Å². The molecule has 11 heteroatoms. The molecule has 4 aromatic carbocycles. The van der Waals surface area contributed by atoms with E-state index in [1.54, 1.807) is 47.4 Å². The Bertz CT molecular complexity index is 1700. The molecule has 0 saturated carbocycles. The maximum atomic E-state index is 12.6. The summed E-state index contributed by atoms with van der Waals surface area (Å²) in [6.45, 7) is 3.55. The average Bonchev–Trinajstić information content (AvgIpc) is 3.40. The van der Waals surface area contributed by atoms with Gasteiger partial charge in [-0.1, -0.05) is 54.1 Å². The molecule has 1 heterocycles. The average molecular weight is 622 g/mol. The second-order valence-corrected chi connectivity index (χ2v) is 10.5. The molecule has 0 aliphatic carbocycles. The van der Waals surface area contributed by atoms with Crippen molar-refractivity contribution in [2.75, 3.05) is 18.5 Å². The van der Waals surface area contributed by atoms with E-state index in [-0.39, 0.29) is 18.9 Å². The fraction of sp³-hybridized carbons (Fsp3) is 0.212. The number of amides is 1. The van der Waals surface area contributed by atoms with Crippen molar-refractivity contribution in [3.05, 3.63) is 112 Å². The highest BCUT2D eigenvalue weighted by Crippen LogP contribution is 2.35. The Morgan fingerprint density at radius 3 is 2.52 bits per heavy atom. The lowest BCUT2D eigenvalue weighted by molar-refractivity contribution is -0.274. The Labute approximate surface area is 257 Å². The Kier molecular flexibility index (Phi) is 9.16. The highest BCUT2D eigenvalue weighted by molar-refractivity contribution is 6.33. The van der Waals surface area contributed by atoms with E-state index in [9.17, 15) is 23.2 Å². The Hall–Kier alpha value is -4.88. The molecule has 1 aliphatic heterocycles. The van der Waals surface area contributed by atoms with Gasteiger partial charge in [0.25, 0.3) is 0 Å². The van der Waals surface area contributed by atoms with E-state index in [2.05, 4.69) is 16.1 Å². The number of rotatable bonds is 10. The predicted molar refractivity (Wildman–Crippen MR) is 159 cm³/mol. The van der Waals surface area contributed by atoms with Gasteiger partial charge in [-0.05, 0) is 65.1 Å². The van der Waals surface area contributed by atoms with Crippen LogP contribution in [0.15, 0.2) is 78.9 Å². The van der Waals surface area contributed by atoms with Crippen LogP contribution in [0, 0.1) is 18.3 Å². The highest BCUT2D eigenvalue weighted by atomic mass is 35.5.